The molecule has 3 aromatic rings. The predicted octanol–water partition coefficient (Wildman–Crippen LogP) is 3.71. The molecule has 1 aromatic heterocycles. The lowest BCUT2D eigenvalue weighted by atomic mass is 9.83. The Morgan fingerprint density at radius 2 is 1.57 bits per heavy atom. The van der Waals surface area contributed by atoms with Crippen molar-refractivity contribution in [1.29, 1.82) is 0 Å². The molecule has 290 valence electrons. The number of aromatic amines is 1. The third kappa shape index (κ3) is 8.68. The Morgan fingerprint density at radius 3 is 2.30 bits per heavy atom. The highest BCUT2D eigenvalue weighted by molar-refractivity contribution is 5.95. The minimum atomic E-state index is -0.599. The van der Waals surface area contributed by atoms with E-state index in [1.165, 1.54) is 25.3 Å². The van der Waals surface area contributed by atoms with E-state index >= 15 is 0 Å². The van der Waals surface area contributed by atoms with Crippen molar-refractivity contribution < 1.29 is 23.5 Å². The third-order valence-electron chi connectivity index (χ3n) is 12.2. The lowest BCUT2D eigenvalue weighted by molar-refractivity contribution is -0.142. The number of nitrogens with zero attached hydrogens (tertiary/aromatic N) is 5. The number of halogens is 1. The summed E-state index contributed by atoms with van der Waals surface area (Å²) in [6.07, 6.45) is 9.63. The maximum absolute atomic E-state index is 15.0. The van der Waals surface area contributed by atoms with Gasteiger partial charge < -0.3 is 25.2 Å². The van der Waals surface area contributed by atoms with Crippen molar-refractivity contribution in [3.05, 3.63) is 75.5 Å². The summed E-state index contributed by atoms with van der Waals surface area (Å²) in [6, 6.07) is 11.4. The fraction of sp³-hybridized carbons (Fsp3) is 0.585. The molecule has 13 heteroatoms. The molecule has 1 saturated carbocycles. The van der Waals surface area contributed by atoms with E-state index in [4.69, 9.17) is 10.5 Å². The van der Waals surface area contributed by atoms with E-state index in [2.05, 4.69) is 22.0 Å². The number of carbonyl (C=O) groups excluding carboxylic acids is 3. The molecule has 3 amide bonds. The maximum atomic E-state index is 15.0. The quantitative estimate of drug-likeness (QED) is 0.338. The molecule has 0 radical (unpaired) electrons. The lowest BCUT2D eigenvalue weighted by Gasteiger charge is -2.42. The highest BCUT2D eigenvalue weighted by Gasteiger charge is 2.36. The zero-order valence-corrected chi connectivity index (χ0v) is 31.4. The van der Waals surface area contributed by atoms with Gasteiger partial charge in [0.2, 0.25) is 11.8 Å². The van der Waals surface area contributed by atoms with Crippen LogP contribution in [0.5, 0.6) is 0 Å². The Labute approximate surface area is 316 Å². The van der Waals surface area contributed by atoms with E-state index in [-0.39, 0.29) is 41.2 Å². The van der Waals surface area contributed by atoms with Crippen LogP contribution >= 0.6 is 0 Å². The minimum absolute atomic E-state index is 0.0153. The van der Waals surface area contributed by atoms with E-state index in [0.29, 0.717) is 73.6 Å². The van der Waals surface area contributed by atoms with E-state index in [0.717, 1.165) is 51.6 Å². The SMILES string of the molecule is C[C@@H]1C[C@@H](OC2CCN(CC(=O)N3CCN(C(=O)c4cc(Cc5n[nH]c(=O)c6ccccc56)ccc4F)CC3)CC2)CCN1C(=O)[C@@H](N)C1CCCCC1. The van der Waals surface area contributed by atoms with Crippen LogP contribution in [0.4, 0.5) is 4.39 Å². The number of likely N-dealkylation sites (tertiary alicyclic amines) is 2. The van der Waals surface area contributed by atoms with E-state index in [9.17, 15) is 23.6 Å². The molecular formula is C41H54FN7O5. The summed E-state index contributed by atoms with van der Waals surface area (Å²) >= 11 is 0. The molecule has 3 N–H and O–H groups in total. The van der Waals surface area contributed by atoms with Crippen LogP contribution in [0.3, 0.4) is 0 Å². The largest absolute Gasteiger partial charge is 0.375 e. The number of nitrogens with two attached hydrogens (primary N) is 1. The van der Waals surface area contributed by atoms with Crippen molar-refractivity contribution >= 4 is 28.5 Å². The van der Waals surface area contributed by atoms with Crippen LogP contribution in [0.1, 0.15) is 86.3 Å². The van der Waals surface area contributed by atoms with Gasteiger partial charge in [-0.2, -0.15) is 5.10 Å². The Balaban J connectivity index is 0.837. The summed E-state index contributed by atoms with van der Waals surface area (Å²) in [4.78, 5) is 59.8. The molecule has 3 aliphatic heterocycles. The van der Waals surface area contributed by atoms with Crippen LogP contribution in [0.2, 0.25) is 0 Å². The van der Waals surface area contributed by atoms with Gasteiger partial charge in [0, 0.05) is 63.7 Å². The molecule has 4 aliphatic rings. The smallest absolute Gasteiger partial charge is 0.272 e. The van der Waals surface area contributed by atoms with Gasteiger partial charge in [0.1, 0.15) is 5.82 Å². The van der Waals surface area contributed by atoms with Gasteiger partial charge in [-0.15, -0.1) is 0 Å². The van der Waals surface area contributed by atoms with Crippen molar-refractivity contribution in [2.45, 2.75) is 95.4 Å². The fourth-order valence-corrected chi connectivity index (χ4v) is 8.91. The molecule has 54 heavy (non-hydrogen) atoms. The molecule has 1 aliphatic carbocycles. The van der Waals surface area contributed by atoms with E-state index in [1.54, 1.807) is 34.1 Å². The van der Waals surface area contributed by atoms with Gasteiger partial charge in [-0.1, -0.05) is 43.5 Å². The number of H-pyrrole nitrogens is 1. The molecule has 3 saturated heterocycles. The Bertz CT molecular complexity index is 1870. The molecule has 7 rings (SSSR count). The molecule has 4 fully saturated rings. The van der Waals surface area contributed by atoms with Crippen molar-refractivity contribution in [3.8, 4) is 0 Å². The molecule has 3 atom stereocenters. The molecule has 0 bridgehead atoms. The molecule has 2 aromatic carbocycles. The van der Waals surface area contributed by atoms with Crippen LogP contribution in [0.15, 0.2) is 47.3 Å². The Hall–Kier alpha value is -4.20. The second-order valence-electron chi connectivity index (χ2n) is 15.8. The number of ether oxygens (including phenoxy) is 1. The van der Waals surface area contributed by atoms with E-state index in [1.807, 2.05) is 17.0 Å². The van der Waals surface area contributed by atoms with Crippen LogP contribution < -0.4 is 11.3 Å². The normalized spacial score (nSPS) is 22.8. The number of rotatable bonds is 9. The zero-order chi connectivity index (χ0) is 37.8. The monoisotopic (exact) mass is 743 g/mol. The number of nitrogens with one attached hydrogen (secondary N) is 1. The van der Waals surface area contributed by atoms with Crippen molar-refractivity contribution in [2.24, 2.45) is 11.7 Å². The number of piperazine rings is 1. The summed E-state index contributed by atoms with van der Waals surface area (Å²) in [6.45, 7) is 6.11. The maximum Gasteiger partial charge on any atom is 0.272 e. The van der Waals surface area contributed by atoms with Crippen molar-refractivity contribution in [3.63, 3.8) is 0 Å². The second-order valence-corrected chi connectivity index (χ2v) is 15.8. The second kappa shape index (κ2) is 17.1. The number of piperidine rings is 2. The van der Waals surface area contributed by atoms with Gasteiger partial charge in [0.25, 0.3) is 11.5 Å². The molecule has 12 nitrogen and oxygen atoms in total. The van der Waals surface area contributed by atoms with Gasteiger partial charge in [-0.25, -0.2) is 9.49 Å². The summed E-state index contributed by atoms with van der Waals surface area (Å²) in [5.74, 6) is -0.561. The highest BCUT2D eigenvalue weighted by atomic mass is 19.1. The number of amides is 3. The number of benzene rings is 2. The summed E-state index contributed by atoms with van der Waals surface area (Å²) in [5, 5.41) is 7.98. The van der Waals surface area contributed by atoms with Gasteiger partial charge in [0.15, 0.2) is 0 Å². The average molecular weight is 744 g/mol. The van der Waals surface area contributed by atoms with Crippen LogP contribution in [0, 0.1) is 11.7 Å². The topological polar surface area (TPSA) is 145 Å². The van der Waals surface area contributed by atoms with Gasteiger partial charge in [-0.05, 0) is 75.1 Å². The number of fused-ring (bicyclic) bond motifs is 1. The minimum Gasteiger partial charge on any atom is -0.375 e. The number of carbonyl (C=O) groups is 3. The fourth-order valence-electron chi connectivity index (χ4n) is 8.91. The van der Waals surface area contributed by atoms with Crippen LogP contribution in [-0.4, -0.2) is 124 Å². The van der Waals surface area contributed by atoms with Crippen molar-refractivity contribution in [2.75, 3.05) is 52.4 Å². The molecule has 4 heterocycles. The van der Waals surface area contributed by atoms with Crippen LogP contribution in [-0.2, 0) is 20.7 Å². The standard InChI is InChI=1S/C41H54FN7O5/c1-27-23-31(15-18-49(27)41(53)38(43)29-7-3-2-4-8-29)54-30-13-16-46(17-14-30)26-37(50)47-19-21-48(22-20-47)40(52)34-24-28(11-12-35(34)42)25-36-32-9-5-6-10-33(32)39(51)45-44-36/h5-6,9-12,24,27,29-31,38H,2-4,7-8,13-23,25-26,43H2,1H3,(H,45,51)/t27-,31+,38+/m1/s1. The number of hydrogen-bond acceptors (Lipinski definition) is 8. The molecule has 0 unspecified atom stereocenters. The first-order valence-electron chi connectivity index (χ1n) is 19.9. The first-order valence-corrected chi connectivity index (χ1v) is 19.9. The summed E-state index contributed by atoms with van der Waals surface area (Å²) in [7, 11) is 0. The first-order chi connectivity index (χ1) is 26.1. The van der Waals surface area contributed by atoms with Gasteiger partial charge in [0.05, 0.1) is 41.4 Å². The van der Waals surface area contributed by atoms with Crippen LogP contribution in [0.25, 0.3) is 10.8 Å². The predicted molar refractivity (Wildman–Crippen MR) is 203 cm³/mol. The number of hydrogen-bond donors (Lipinski definition) is 2. The van der Waals surface area contributed by atoms with Gasteiger partial charge in [-0.3, -0.25) is 24.1 Å². The Morgan fingerprint density at radius 1 is 0.889 bits per heavy atom. The Kier molecular flexibility index (Phi) is 12.0. The third-order valence-corrected chi connectivity index (χ3v) is 12.2. The molecule has 0 spiro atoms. The molecular weight excluding hydrogens is 689 g/mol. The van der Waals surface area contributed by atoms with E-state index < -0.39 is 17.8 Å². The average Bonchev–Trinajstić information content (AvgIpc) is 3.20. The highest BCUT2D eigenvalue weighted by Crippen LogP contribution is 2.29. The number of aromatic nitrogens is 2. The summed E-state index contributed by atoms with van der Waals surface area (Å²) < 4.78 is 21.5. The van der Waals surface area contributed by atoms with Crippen molar-refractivity contribution in [1.82, 2.24) is 29.8 Å². The first kappa shape index (κ1) is 38.1. The zero-order valence-electron chi connectivity index (χ0n) is 31.4. The lowest BCUT2D eigenvalue weighted by Crippen LogP contribution is -2.55. The van der Waals surface area contributed by atoms with Gasteiger partial charge >= 0.3 is 0 Å². The summed E-state index contributed by atoms with van der Waals surface area (Å²) in [5.41, 5.74) is 7.50.